The number of hydrogen-bond donors (Lipinski definition) is 1. The monoisotopic (exact) mass is 507 g/mol. The number of likely N-dealkylation sites (tertiary alicyclic amines) is 1. The van der Waals surface area contributed by atoms with Crippen LogP contribution in [0.2, 0.25) is 0 Å². The van der Waals surface area contributed by atoms with Crippen LogP contribution in [0.4, 0.5) is 5.69 Å². The van der Waals surface area contributed by atoms with Crippen LogP contribution in [0.25, 0.3) is 0 Å². The molecule has 7 heteroatoms. The molecule has 1 fully saturated rings. The summed E-state index contributed by atoms with van der Waals surface area (Å²) in [6.07, 6.45) is 7.71. The van der Waals surface area contributed by atoms with E-state index < -0.39 is 5.97 Å². The average Bonchev–Trinajstić information content (AvgIpc) is 2.92. The largest absolute Gasteiger partial charge is 0.484 e. The van der Waals surface area contributed by atoms with Crippen molar-refractivity contribution in [1.82, 2.24) is 9.80 Å². The fourth-order valence-corrected chi connectivity index (χ4v) is 5.55. The van der Waals surface area contributed by atoms with Gasteiger partial charge in [-0.15, -0.1) is 0 Å². The fraction of sp³-hybridized carbons (Fsp3) is 0.533. The summed E-state index contributed by atoms with van der Waals surface area (Å²) in [6.45, 7) is 7.69. The SMILES string of the molecule is CCN1CCC(N2CCCCCCCN(C(=O)COc3ccccc3)c3ccc(C(=O)O)cc3C2)CC1. The van der Waals surface area contributed by atoms with Gasteiger partial charge >= 0.3 is 5.97 Å². The van der Waals surface area contributed by atoms with Gasteiger partial charge in [-0.2, -0.15) is 0 Å². The summed E-state index contributed by atoms with van der Waals surface area (Å²) in [5.41, 5.74) is 1.98. The molecule has 1 N–H and O–H groups in total. The molecule has 0 unspecified atom stereocenters. The normalized spacial score (nSPS) is 18.9. The molecular formula is C30H41N3O4. The van der Waals surface area contributed by atoms with Crippen LogP contribution in [0, 0.1) is 0 Å². The predicted octanol–water partition coefficient (Wildman–Crippen LogP) is 5.05. The minimum Gasteiger partial charge on any atom is -0.484 e. The molecule has 0 radical (unpaired) electrons. The van der Waals surface area contributed by atoms with Crippen molar-refractivity contribution in [2.75, 3.05) is 44.2 Å². The van der Waals surface area contributed by atoms with Gasteiger partial charge in [-0.1, -0.05) is 44.4 Å². The van der Waals surface area contributed by atoms with Crippen molar-refractivity contribution in [3.63, 3.8) is 0 Å². The third-order valence-electron chi connectivity index (χ3n) is 7.75. The summed E-state index contributed by atoms with van der Waals surface area (Å²) in [6, 6.07) is 15.1. The number of nitrogens with zero attached hydrogens (tertiary/aromatic N) is 3. The van der Waals surface area contributed by atoms with Crippen LogP contribution in [0.5, 0.6) is 5.75 Å². The van der Waals surface area contributed by atoms with Crippen molar-refractivity contribution in [1.29, 1.82) is 0 Å². The van der Waals surface area contributed by atoms with Crippen LogP contribution in [0.15, 0.2) is 48.5 Å². The zero-order valence-electron chi connectivity index (χ0n) is 22.1. The second-order valence-electron chi connectivity index (χ2n) is 10.2. The maximum Gasteiger partial charge on any atom is 0.335 e. The third-order valence-corrected chi connectivity index (χ3v) is 7.75. The van der Waals surface area contributed by atoms with Crippen molar-refractivity contribution in [3.05, 3.63) is 59.7 Å². The molecule has 2 aromatic carbocycles. The lowest BCUT2D eigenvalue weighted by molar-refractivity contribution is -0.120. The van der Waals surface area contributed by atoms with Gasteiger partial charge in [0.15, 0.2) is 6.61 Å². The van der Waals surface area contributed by atoms with Gasteiger partial charge in [0.2, 0.25) is 0 Å². The Morgan fingerprint density at radius 1 is 0.919 bits per heavy atom. The van der Waals surface area contributed by atoms with Crippen molar-refractivity contribution >= 4 is 17.6 Å². The summed E-state index contributed by atoms with van der Waals surface area (Å²) in [4.78, 5) is 32.2. The van der Waals surface area contributed by atoms with Gasteiger partial charge in [-0.05, 0) is 87.8 Å². The lowest BCUT2D eigenvalue weighted by Crippen LogP contribution is -2.45. The quantitative estimate of drug-likeness (QED) is 0.590. The fourth-order valence-electron chi connectivity index (χ4n) is 5.55. The highest BCUT2D eigenvalue weighted by Crippen LogP contribution is 2.29. The molecule has 0 aliphatic carbocycles. The van der Waals surface area contributed by atoms with E-state index in [1.165, 1.54) is 6.42 Å². The average molecular weight is 508 g/mol. The first-order valence-corrected chi connectivity index (χ1v) is 13.9. The maximum atomic E-state index is 13.5. The number of rotatable bonds is 6. The molecule has 0 aromatic heterocycles. The second kappa shape index (κ2) is 13.6. The van der Waals surface area contributed by atoms with Gasteiger partial charge in [-0.25, -0.2) is 4.79 Å². The van der Waals surface area contributed by atoms with Crippen molar-refractivity contribution in [3.8, 4) is 5.75 Å². The summed E-state index contributed by atoms with van der Waals surface area (Å²) in [5, 5.41) is 9.73. The minimum atomic E-state index is -0.943. The number of aromatic carboxylic acids is 1. The number of hydrogen-bond acceptors (Lipinski definition) is 5. The number of carboxylic acid groups (broad SMARTS) is 1. The number of carboxylic acids is 1. The number of fused-ring (bicyclic) bond motifs is 1. The predicted molar refractivity (Wildman–Crippen MR) is 146 cm³/mol. The number of ether oxygens (including phenoxy) is 1. The summed E-state index contributed by atoms with van der Waals surface area (Å²) >= 11 is 0. The van der Waals surface area contributed by atoms with Crippen LogP contribution >= 0.6 is 0 Å². The van der Waals surface area contributed by atoms with E-state index in [1.54, 1.807) is 12.1 Å². The van der Waals surface area contributed by atoms with E-state index in [0.717, 1.165) is 76.0 Å². The molecule has 37 heavy (non-hydrogen) atoms. The number of anilines is 1. The first-order chi connectivity index (χ1) is 18.0. The number of para-hydroxylation sites is 1. The van der Waals surface area contributed by atoms with Crippen molar-refractivity contribution < 1.29 is 19.4 Å². The van der Waals surface area contributed by atoms with Gasteiger partial charge in [0, 0.05) is 24.8 Å². The highest BCUT2D eigenvalue weighted by Gasteiger charge is 2.27. The van der Waals surface area contributed by atoms with Crippen LogP contribution in [0.1, 0.15) is 67.8 Å². The minimum absolute atomic E-state index is 0.0523. The van der Waals surface area contributed by atoms with E-state index in [-0.39, 0.29) is 18.1 Å². The molecule has 2 heterocycles. The van der Waals surface area contributed by atoms with Gasteiger partial charge in [0.05, 0.1) is 5.56 Å². The Kier molecular flexibility index (Phi) is 9.97. The van der Waals surface area contributed by atoms with E-state index in [0.29, 0.717) is 24.9 Å². The van der Waals surface area contributed by atoms with Crippen molar-refractivity contribution in [2.45, 2.75) is 64.5 Å². The number of benzene rings is 2. The molecule has 1 saturated heterocycles. The standard InChI is InChI=1S/C30H41N3O4/c1-2-31-19-15-26(16-20-31)32-17-9-4-3-5-10-18-33(29(34)23-37-27-11-7-6-8-12-27)28-14-13-24(30(35)36)21-25(28)22-32/h6-8,11-14,21,26H,2-5,9-10,15-20,22-23H2,1H3,(H,35,36). The van der Waals surface area contributed by atoms with E-state index in [9.17, 15) is 14.7 Å². The van der Waals surface area contributed by atoms with Gasteiger partial charge in [0.25, 0.3) is 5.91 Å². The van der Waals surface area contributed by atoms with Crippen LogP contribution in [-0.2, 0) is 11.3 Å². The van der Waals surface area contributed by atoms with Gasteiger partial charge in [-0.3, -0.25) is 9.69 Å². The summed E-state index contributed by atoms with van der Waals surface area (Å²) in [7, 11) is 0. The van der Waals surface area contributed by atoms with Crippen LogP contribution in [0.3, 0.4) is 0 Å². The number of amides is 1. The van der Waals surface area contributed by atoms with Gasteiger partial charge in [0.1, 0.15) is 5.75 Å². The zero-order valence-corrected chi connectivity index (χ0v) is 22.1. The van der Waals surface area contributed by atoms with Crippen molar-refractivity contribution in [2.24, 2.45) is 0 Å². The molecule has 0 spiro atoms. The van der Waals surface area contributed by atoms with E-state index in [2.05, 4.69) is 16.7 Å². The lowest BCUT2D eigenvalue weighted by atomic mass is 9.99. The molecule has 0 atom stereocenters. The maximum absolute atomic E-state index is 13.5. The molecule has 2 aliphatic heterocycles. The Hall–Kier alpha value is -2.90. The Morgan fingerprint density at radius 2 is 1.62 bits per heavy atom. The highest BCUT2D eigenvalue weighted by molar-refractivity contribution is 5.96. The molecule has 1 amide bonds. The molecule has 7 nitrogen and oxygen atoms in total. The first kappa shape index (κ1) is 27.1. The Labute approximate surface area is 221 Å². The molecule has 2 aliphatic rings. The zero-order chi connectivity index (χ0) is 26.0. The molecule has 2 aromatic rings. The summed E-state index contributed by atoms with van der Waals surface area (Å²) in [5.74, 6) is -0.383. The van der Waals surface area contributed by atoms with E-state index in [4.69, 9.17) is 4.74 Å². The topological polar surface area (TPSA) is 73.3 Å². The lowest BCUT2D eigenvalue weighted by Gasteiger charge is -2.39. The van der Waals surface area contributed by atoms with Gasteiger partial charge < -0.3 is 19.6 Å². The molecular weight excluding hydrogens is 466 g/mol. The smallest absolute Gasteiger partial charge is 0.335 e. The molecule has 200 valence electrons. The Morgan fingerprint density at radius 3 is 2.32 bits per heavy atom. The third kappa shape index (κ3) is 7.55. The highest BCUT2D eigenvalue weighted by atomic mass is 16.5. The molecule has 0 saturated carbocycles. The summed E-state index contributed by atoms with van der Waals surface area (Å²) < 4.78 is 5.81. The Balaban J connectivity index is 1.61. The second-order valence-corrected chi connectivity index (χ2v) is 10.2. The van der Waals surface area contributed by atoms with Crippen LogP contribution < -0.4 is 9.64 Å². The van der Waals surface area contributed by atoms with E-state index >= 15 is 0 Å². The number of carbonyl (C=O) groups excluding carboxylic acids is 1. The molecule has 4 rings (SSSR count). The van der Waals surface area contributed by atoms with Crippen LogP contribution in [-0.4, -0.2) is 72.2 Å². The number of piperidine rings is 1. The van der Waals surface area contributed by atoms with E-state index in [1.807, 2.05) is 41.3 Å². The number of carbonyl (C=O) groups is 2. The Bertz CT molecular complexity index is 1020. The first-order valence-electron chi connectivity index (χ1n) is 13.9. The molecule has 0 bridgehead atoms.